The fraction of sp³-hybridized carbons (Fsp3) is 0. The molecule has 2 nitrogen and oxygen atoms in total. The van der Waals surface area contributed by atoms with Gasteiger partial charge in [0.05, 0.1) is 11.4 Å². The van der Waals surface area contributed by atoms with Gasteiger partial charge in [0.25, 0.3) is 0 Å². The second kappa shape index (κ2) is 7.22. The van der Waals surface area contributed by atoms with Gasteiger partial charge in [0, 0.05) is 16.1 Å². The van der Waals surface area contributed by atoms with Gasteiger partial charge in [-0.15, -0.1) is 0 Å². The zero-order chi connectivity index (χ0) is 18.8. The molecule has 0 spiro atoms. The highest BCUT2D eigenvalue weighted by Crippen LogP contribution is 2.35. The van der Waals surface area contributed by atoms with E-state index < -0.39 is 0 Å². The Morgan fingerprint density at radius 3 is 2.15 bits per heavy atom. The molecule has 1 aromatic heterocycles. The van der Waals surface area contributed by atoms with Crippen molar-refractivity contribution in [2.75, 3.05) is 0 Å². The fourth-order valence-corrected chi connectivity index (χ4v) is 3.12. The van der Waals surface area contributed by atoms with Crippen LogP contribution in [0.1, 0.15) is 0 Å². The smallest absolute Gasteiger partial charge is 0.125 e. The van der Waals surface area contributed by atoms with Crippen LogP contribution in [-0.2, 0) is 0 Å². The second-order valence-electron chi connectivity index (χ2n) is 6.16. The Bertz CT molecular complexity index is 1100. The van der Waals surface area contributed by atoms with Gasteiger partial charge in [0.1, 0.15) is 11.6 Å². The number of nitrogens with zero attached hydrogens (tertiary/aromatic N) is 1. The highest BCUT2D eigenvalue weighted by molar-refractivity contribution is 6.31. The summed E-state index contributed by atoms with van der Waals surface area (Å²) in [5.41, 5.74) is 4.58. The van der Waals surface area contributed by atoms with Crippen LogP contribution in [-0.4, -0.2) is 10.1 Å². The topological polar surface area (TPSA) is 33.1 Å². The maximum absolute atomic E-state index is 13.3. The molecule has 1 N–H and O–H groups in total. The van der Waals surface area contributed by atoms with Gasteiger partial charge in [-0.25, -0.2) is 9.37 Å². The van der Waals surface area contributed by atoms with Crippen LogP contribution in [0.3, 0.4) is 0 Å². The van der Waals surface area contributed by atoms with E-state index in [-0.39, 0.29) is 11.6 Å². The van der Waals surface area contributed by atoms with Gasteiger partial charge in [0.15, 0.2) is 0 Å². The van der Waals surface area contributed by atoms with Crippen LogP contribution in [0.5, 0.6) is 5.75 Å². The van der Waals surface area contributed by atoms with E-state index in [1.807, 2.05) is 42.5 Å². The van der Waals surface area contributed by atoms with Crippen LogP contribution in [0.2, 0.25) is 5.02 Å². The van der Waals surface area contributed by atoms with Crippen LogP contribution in [0, 0.1) is 5.82 Å². The summed E-state index contributed by atoms with van der Waals surface area (Å²) in [6, 6.07) is 24.7. The van der Waals surface area contributed by atoms with E-state index >= 15 is 0 Å². The maximum Gasteiger partial charge on any atom is 0.125 e. The molecule has 0 aliphatic heterocycles. The van der Waals surface area contributed by atoms with Crippen LogP contribution >= 0.6 is 11.6 Å². The molecule has 0 saturated carbocycles. The van der Waals surface area contributed by atoms with E-state index in [1.165, 1.54) is 12.1 Å². The molecule has 3 aromatic carbocycles. The molecule has 0 aliphatic rings. The van der Waals surface area contributed by atoms with Crippen molar-refractivity contribution in [2.45, 2.75) is 0 Å². The van der Waals surface area contributed by atoms with Gasteiger partial charge in [-0.2, -0.15) is 0 Å². The Balaban J connectivity index is 1.94. The Morgan fingerprint density at radius 2 is 1.41 bits per heavy atom. The van der Waals surface area contributed by atoms with Crippen LogP contribution in [0.25, 0.3) is 33.6 Å². The molecule has 132 valence electrons. The summed E-state index contributed by atoms with van der Waals surface area (Å²) in [5, 5.41) is 10.8. The van der Waals surface area contributed by atoms with Crippen molar-refractivity contribution in [3.8, 4) is 39.4 Å². The normalized spacial score (nSPS) is 10.7. The van der Waals surface area contributed by atoms with Crippen LogP contribution < -0.4 is 0 Å². The van der Waals surface area contributed by atoms with Crippen molar-refractivity contribution in [3.05, 3.63) is 95.8 Å². The van der Waals surface area contributed by atoms with E-state index in [2.05, 4.69) is 0 Å². The average Bonchev–Trinajstić information content (AvgIpc) is 2.70. The van der Waals surface area contributed by atoms with E-state index in [4.69, 9.17) is 16.6 Å². The molecule has 0 amide bonds. The average molecular weight is 376 g/mol. The van der Waals surface area contributed by atoms with E-state index in [0.29, 0.717) is 16.3 Å². The number of pyridine rings is 1. The van der Waals surface area contributed by atoms with E-state index in [0.717, 1.165) is 22.4 Å². The molecule has 4 aromatic rings. The number of aromatic nitrogens is 1. The SMILES string of the molecule is Oc1ccc(Cl)cc1-c1cc(-c2ccc(F)cc2)cc(-c2ccccc2)n1. The minimum Gasteiger partial charge on any atom is -0.507 e. The van der Waals surface area contributed by atoms with Crippen LogP contribution in [0.15, 0.2) is 84.9 Å². The van der Waals surface area contributed by atoms with Gasteiger partial charge in [-0.05, 0) is 53.6 Å². The quantitative estimate of drug-likeness (QED) is 0.438. The first kappa shape index (κ1) is 17.3. The molecule has 0 bridgehead atoms. The molecule has 0 saturated heterocycles. The monoisotopic (exact) mass is 375 g/mol. The molecule has 27 heavy (non-hydrogen) atoms. The first-order valence-corrected chi connectivity index (χ1v) is 8.80. The van der Waals surface area contributed by atoms with Crippen molar-refractivity contribution < 1.29 is 9.50 Å². The number of benzene rings is 3. The van der Waals surface area contributed by atoms with Gasteiger partial charge < -0.3 is 5.11 Å². The van der Waals surface area contributed by atoms with Crippen molar-refractivity contribution in [2.24, 2.45) is 0 Å². The largest absolute Gasteiger partial charge is 0.507 e. The summed E-state index contributed by atoms with van der Waals surface area (Å²) < 4.78 is 13.3. The highest BCUT2D eigenvalue weighted by atomic mass is 35.5. The molecule has 0 atom stereocenters. The van der Waals surface area contributed by atoms with Gasteiger partial charge in [-0.1, -0.05) is 54.1 Å². The number of halogens is 2. The van der Waals surface area contributed by atoms with Crippen LogP contribution in [0.4, 0.5) is 4.39 Å². The fourth-order valence-electron chi connectivity index (χ4n) is 2.95. The zero-order valence-electron chi connectivity index (χ0n) is 14.2. The molecule has 0 radical (unpaired) electrons. The molecule has 0 aliphatic carbocycles. The molecular formula is C23H15ClFNO. The van der Waals surface area contributed by atoms with Gasteiger partial charge >= 0.3 is 0 Å². The highest BCUT2D eigenvalue weighted by Gasteiger charge is 2.12. The minimum absolute atomic E-state index is 0.0992. The standard InChI is InChI=1S/C23H15ClFNO/c24-18-8-11-23(27)20(14-18)22-13-17(15-6-9-19(25)10-7-15)12-21(26-22)16-4-2-1-3-5-16/h1-14,27H. The predicted octanol–water partition coefficient (Wildman–Crippen LogP) is 6.58. The van der Waals surface area contributed by atoms with Crippen molar-refractivity contribution in [1.29, 1.82) is 0 Å². The number of hydrogen-bond donors (Lipinski definition) is 1. The first-order valence-electron chi connectivity index (χ1n) is 8.42. The zero-order valence-corrected chi connectivity index (χ0v) is 15.0. The van der Waals surface area contributed by atoms with E-state index in [1.54, 1.807) is 30.3 Å². The lowest BCUT2D eigenvalue weighted by Gasteiger charge is -2.11. The summed E-state index contributed by atoms with van der Waals surface area (Å²) in [5.74, 6) is -0.189. The molecule has 4 heteroatoms. The van der Waals surface area contributed by atoms with Crippen molar-refractivity contribution in [1.82, 2.24) is 4.98 Å². The summed E-state index contributed by atoms with van der Waals surface area (Å²) in [4.78, 5) is 4.73. The van der Waals surface area contributed by atoms with Gasteiger partial charge in [0.2, 0.25) is 0 Å². The summed E-state index contributed by atoms with van der Waals surface area (Å²) >= 11 is 6.12. The molecule has 0 unspecified atom stereocenters. The molecule has 4 rings (SSSR count). The number of rotatable bonds is 3. The number of phenols is 1. The Labute approximate surface area is 161 Å². The Kier molecular flexibility index (Phi) is 4.61. The minimum atomic E-state index is -0.288. The number of hydrogen-bond acceptors (Lipinski definition) is 2. The van der Waals surface area contributed by atoms with E-state index in [9.17, 15) is 9.50 Å². The number of phenolic OH excluding ortho intramolecular Hbond substituents is 1. The summed E-state index contributed by atoms with van der Waals surface area (Å²) in [6.07, 6.45) is 0. The third-order valence-corrected chi connectivity index (χ3v) is 4.54. The lowest BCUT2D eigenvalue weighted by Crippen LogP contribution is -1.92. The maximum atomic E-state index is 13.3. The lowest BCUT2D eigenvalue weighted by molar-refractivity contribution is 0.477. The van der Waals surface area contributed by atoms with Gasteiger partial charge in [-0.3, -0.25) is 0 Å². The second-order valence-corrected chi connectivity index (χ2v) is 6.60. The molecular weight excluding hydrogens is 361 g/mol. The molecule has 0 fully saturated rings. The first-order chi connectivity index (χ1) is 13.1. The van der Waals surface area contributed by atoms with Crippen molar-refractivity contribution >= 4 is 11.6 Å². The summed E-state index contributed by atoms with van der Waals surface area (Å²) in [7, 11) is 0. The predicted molar refractivity (Wildman–Crippen MR) is 107 cm³/mol. The third-order valence-electron chi connectivity index (χ3n) is 4.31. The third kappa shape index (κ3) is 3.69. The molecule has 1 heterocycles. The lowest BCUT2D eigenvalue weighted by atomic mass is 9.99. The Morgan fingerprint density at radius 1 is 0.704 bits per heavy atom. The number of aromatic hydroxyl groups is 1. The Hall–Kier alpha value is -3.17. The summed E-state index contributed by atoms with van der Waals surface area (Å²) in [6.45, 7) is 0. The van der Waals surface area contributed by atoms with Crippen molar-refractivity contribution in [3.63, 3.8) is 0 Å².